The fraction of sp³-hybridized carbons (Fsp3) is 0.143. The van der Waals surface area contributed by atoms with Crippen molar-refractivity contribution in [2.75, 3.05) is 7.11 Å². The molecule has 0 aliphatic carbocycles. The largest absolute Gasteiger partial charge is 0.496 e. The van der Waals surface area contributed by atoms with E-state index < -0.39 is 0 Å². The third kappa shape index (κ3) is 3.79. The van der Waals surface area contributed by atoms with E-state index in [0.29, 0.717) is 17.2 Å². The molecule has 28 heavy (non-hydrogen) atoms. The van der Waals surface area contributed by atoms with Crippen LogP contribution in [0.1, 0.15) is 16.4 Å². The molecule has 0 fully saturated rings. The second-order valence-electron chi connectivity index (χ2n) is 6.27. The Morgan fingerprint density at radius 2 is 1.96 bits per heavy atom. The van der Waals surface area contributed by atoms with Gasteiger partial charge in [-0.05, 0) is 37.3 Å². The Hall–Kier alpha value is -2.70. The molecule has 0 aliphatic rings. The predicted molar refractivity (Wildman–Crippen MR) is 110 cm³/mol. The van der Waals surface area contributed by atoms with E-state index in [1.807, 2.05) is 48.1 Å². The number of halogens is 2. The number of aromatic nitrogens is 3. The van der Waals surface area contributed by atoms with Gasteiger partial charge in [0, 0.05) is 41.2 Å². The van der Waals surface area contributed by atoms with Crippen molar-refractivity contribution >= 4 is 22.9 Å². The number of ether oxygens (including phenoxy) is 1. The van der Waals surface area contributed by atoms with Gasteiger partial charge in [0.2, 0.25) is 0 Å². The fourth-order valence-electron chi connectivity index (χ4n) is 3.00. The van der Waals surface area contributed by atoms with E-state index in [0.717, 1.165) is 32.7 Å². The van der Waals surface area contributed by atoms with Gasteiger partial charge in [0.05, 0.1) is 17.0 Å². The Kier molecular flexibility index (Phi) is 5.15. The van der Waals surface area contributed by atoms with Crippen molar-refractivity contribution in [2.45, 2.75) is 13.3 Å². The average Bonchev–Trinajstić information content (AvgIpc) is 3.30. The zero-order valence-electron chi connectivity index (χ0n) is 15.3. The summed E-state index contributed by atoms with van der Waals surface area (Å²) in [4.78, 5) is 10.2. The molecule has 0 atom stereocenters. The summed E-state index contributed by atoms with van der Waals surface area (Å²) >= 11 is 7.64. The molecule has 2 heterocycles. The topological polar surface area (TPSA) is 39.9 Å². The summed E-state index contributed by atoms with van der Waals surface area (Å²) in [5.41, 5.74) is 2.65. The zero-order valence-corrected chi connectivity index (χ0v) is 16.9. The quantitative estimate of drug-likeness (QED) is 0.421. The number of aryl methyl sites for hydroxylation is 1. The zero-order chi connectivity index (χ0) is 19.7. The highest BCUT2D eigenvalue weighted by Gasteiger charge is 2.16. The number of methoxy groups -OCH3 is 1. The summed E-state index contributed by atoms with van der Waals surface area (Å²) in [6, 6.07) is 12.1. The molecule has 0 N–H and O–H groups in total. The molecular formula is C21H17ClFN3OS. The number of thiazole rings is 1. The van der Waals surface area contributed by atoms with Crippen LogP contribution in [0.25, 0.3) is 16.3 Å². The molecule has 0 aliphatic heterocycles. The lowest BCUT2D eigenvalue weighted by atomic mass is 10.1. The molecular weight excluding hydrogens is 397 g/mol. The SMILES string of the molecule is COc1cc(F)ccc1Cc1nc(-c2cnc(C)s2)cn1-c1ccc(Cl)cc1. The van der Waals surface area contributed by atoms with Crippen molar-refractivity contribution in [2.24, 2.45) is 0 Å². The van der Waals surface area contributed by atoms with Crippen LogP contribution < -0.4 is 4.74 Å². The fourth-order valence-corrected chi connectivity index (χ4v) is 3.86. The molecule has 0 bridgehead atoms. The average molecular weight is 414 g/mol. The molecule has 4 nitrogen and oxygen atoms in total. The minimum absolute atomic E-state index is 0.331. The van der Waals surface area contributed by atoms with Gasteiger partial charge in [-0.1, -0.05) is 17.7 Å². The van der Waals surface area contributed by atoms with Gasteiger partial charge in [0.15, 0.2) is 0 Å². The number of benzene rings is 2. The molecule has 4 rings (SSSR count). The molecule has 0 radical (unpaired) electrons. The van der Waals surface area contributed by atoms with E-state index in [2.05, 4.69) is 4.98 Å². The second kappa shape index (κ2) is 7.73. The van der Waals surface area contributed by atoms with Gasteiger partial charge in [-0.25, -0.2) is 14.4 Å². The molecule has 7 heteroatoms. The lowest BCUT2D eigenvalue weighted by Crippen LogP contribution is -2.03. The van der Waals surface area contributed by atoms with Crippen LogP contribution in [0.4, 0.5) is 4.39 Å². The smallest absolute Gasteiger partial charge is 0.126 e. The first-order chi connectivity index (χ1) is 13.5. The summed E-state index contributed by atoms with van der Waals surface area (Å²) < 4.78 is 20.9. The van der Waals surface area contributed by atoms with Gasteiger partial charge in [0.25, 0.3) is 0 Å². The lowest BCUT2D eigenvalue weighted by molar-refractivity contribution is 0.406. The lowest BCUT2D eigenvalue weighted by Gasteiger charge is -2.11. The third-order valence-corrected chi connectivity index (χ3v) is 5.54. The maximum Gasteiger partial charge on any atom is 0.126 e. The molecule has 0 saturated carbocycles. The molecule has 0 saturated heterocycles. The van der Waals surface area contributed by atoms with E-state index >= 15 is 0 Å². The van der Waals surface area contributed by atoms with E-state index in [4.69, 9.17) is 21.3 Å². The van der Waals surface area contributed by atoms with E-state index in [1.165, 1.54) is 19.2 Å². The maximum atomic E-state index is 13.6. The van der Waals surface area contributed by atoms with Crippen LogP contribution in [0, 0.1) is 12.7 Å². The van der Waals surface area contributed by atoms with Crippen LogP contribution >= 0.6 is 22.9 Å². The van der Waals surface area contributed by atoms with E-state index in [-0.39, 0.29) is 5.82 Å². The van der Waals surface area contributed by atoms with Crippen LogP contribution in [0.5, 0.6) is 5.75 Å². The van der Waals surface area contributed by atoms with Gasteiger partial charge in [0.1, 0.15) is 23.1 Å². The highest BCUT2D eigenvalue weighted by Crippen LogP contribution is 2.29. The van der Waals surface area contributed by atoms with Gasteiger partial charge >= 0.3 is 0 Å². The van der Waals surface area contributed by atoms with Crippen molar-refractivity contribution < 1.29 is 9.13 Å². The van der Waals surface area contributed by atoms with Gasteiger partial charge in [-0.2, -0.15) is 0 Å². The summed E-state index contributed by atoms with van der Waals surface area (Å²) in [6.45, 7) is 1.97. The van der Waals surface area contributed by atoms with Crippen LogP contribution in [0.15, 0.2) is 54.9 Å². The predicted octanol–water partition coefficient (Wildman–Crippen LogP) is 5.70. The number of rotatable bonds is 5. The Morgan fingerprint density at radius 3 is 2.64 bits per heavy atom. The molecule has 2 aromatic carbocycles. The first kappa shape index (κ1) is 18.7. The van der Waals surface area contributed by atoms with Crippen LogP contribution in [-0.2, 0) is 6.42 Å². The van der Waals surface area contributed by atoms with Crippen molar-refractivity contribution in [3.8, 4) is 22.0 Å². The molecule has 4 aromatic rings. The normalized spacial score (nSPS) is 11.0. The summed E-state index contributed by atoms with van der Waals surface area (Å²) in [6.07, 6.45) is 4.31. The highest BCUT2D eigenvalue weighted by molar-refractivity contribution is 7.15. The van der Waals surface area contributed by atoms with Crippen molar-refractivity contribution in [1.29, 1.82) is 0 Å². The number of hydrogen-bond donors (Lipinski definition) is 0. The number of hydrogen-bond acceptors (Lipinski definition) is 4. The minimum atomic E-state index is -0.331. The molecule has 0 spiro atoms. The number of nitrogens with zero attached hydrogens (tertiary/aromatic N) is 3. The van der Waals surface area contributed by atoms with Crippen LogP contribution in [-0.4, -0.2) is 21.6 Å². The van der Waals surface area contributed by atoms with E-state index in [9.17, 15) is 4.39 Å². The van der Waals surface area contributed by atoms with Crippen LogP contribution in [0.2, 0.25) is 5.02 Å². The second-order valence-corrected chi connectivity index (χ2v) is 7.94. The summed E-state index contributed by atoms with van der Waals surface area (Å²) in [7, 11) is 1.54. The monoisotopic (exact) mass is 413 g/mol. The van der Waals surface area contributed by atoms with Gasteiger partial charge < -0.3 is 9.30 Å². The Bertz CT molecular complexity index is 1120. The van der Waals surface area contributed by atoms with Crippen molar-refractivity contribution in [3.63, 3.8) is 0 Å². The molecule has 0 amide bonds. The summed E-state index contributed by atoms with van der Waals surface area (Å²) in [5.74, 6) is 0.983. The molecule has 2 aromatic heterocycles. The first-order valence-electron chi connectivity index (χ1n) is 8.63. The Labute approximate surface area is 171 Å². The summed E-state index contributed by atoms with van der Waals surface area (Å²) in [5, 5.41) is 1.65. The van der Waals surface area contributed by atoms with Gasteiger partial charge in [-0.3, -0.25) is 0 Å². The Balaban J connectivity index is 1.80. The first-order valence-corrected chi connectivity index (χ1v) is 9.82. The molecule has 142 valence electrons. The van der Waals surface area contributed by atoms with Crippen molar-refractivity contribution in [3.05, 3.63) is 82.1 Å². The molecule has 0 unspecified atom stereocenters. The standard InChI is InChI=1S/C21H17ClFN3OS/c1-13-24-11-20(28-13)18-12-26(17-7-4-15(22)5-8-17)21(25-18)9-14-3-6-16(23)10-19(14)27-2/h3-8,10-12H,9H2,1-2H3. The number of imidazole rings is 1. The third-order valence-electron chi connectivity index (χ3n) is 4.36. The Morgan fingerprint density at radius 1 is 1.18 bits per heavy atom. The van der Waals surface area contributed by atoms with Crippen LogP contribution in [0.3, 0.4) is 0 Å². The van der Waals surface area contributed by atoms with Gasteiger partial charge in [-0.15, -0.1) is 11.3 Å². The highest BCUT2D eigenvalue weighted by atomic mass is 35.5. The maximum absolute atomic E-state index is 13.6. The minimum Gasteiger partial charge on any atom is -0.496 e. The van der Waals surface area contributed by atoms with E-state index in [1.54, 1.807) is 17.4 Å². The van der Waals surface area contributed by atoms with Crippen molar-refractivity contribution in [1.82, 2.24) is 14.5 Å².